The first-order valence-corrected chi connectivity index (χ1v) is 17.1. The van der Waals surface area contributed by atoms with E-state index < -0.39 is 32.9 Å². The Balaban J connectivity index is 1.46. The van der Waals surface area contributed by atoms with E-state index in [1.54, 1.807) is 18.2 Å². The summed E-state index contributed by atoms with van der Waals surface area (Å²) in [6.45, 7) is 5.90. The Bertz CT molecular complexity index is 1850. The molecule has 0 radical (unpaired) electrons. The van der Waals surface area contributed by atoms with Gasteiger partial charge < -0.3 is 9.84 Å². The first kappa shape index (κ1) is 33.4. The highest BCUT2D eigenvalue weighted by atomic mass is 32.2. The molecule has 2 heterocycles. The lowest BCUT2D eigenvalue weighted by Crippen LogP contribution is -2.43. The zero-order valence-corrected chi connectivity index (χ0v) is 27.6. The van der Waals surface area contributed by atoms with E-state index in [1.807, 2.05) is 93.6 Å². The number of esters is 1. The van der Waals surface area contributed by atoms with Gasteiger partial charge in [-0.25, -0.2) is 9.78 Å². The highest BCUT2D eigenvalue weighted by molar-refractivity contribution is 7.92. The minimum atomic E-state index is -4.06. The van der Waals surface area contributed by atoms with Crippen LogP contribution in [-0.4, -0.2) is 30.1 Å². The number of aryl methyl sites for hydroxylation is 2. The largest absolute Gasteiger partial charge is 0.512 e. The van der Waals surface area contributed by atoms with Crippen LogP contribution in [0.3, 0.4) is 0 Å². The van der Waals surface area contributed by atoms with Crippen molar-refractivity contribution < 1.29 is 23.1 Å². The number of aromatic nitrogens is 1. The summed E-state index contributed by atoms with van der Waals surface area (Å²) in [7, 11) is -4.06. The molecule has 0 saturated carbocycles. The average Bonchev–Trinajstić information content (AvgIpc) is 3.05. The number of aliphatic hydroxyl groups excluding tert-OH is 1. The number of benzene rings is 3. The third kappa shape index (κ3) is 8.08. The summed E-state index contributed by atoms with van der Waals surface area (Å²) >= 11 is 0. The van der Waals surface area contributed by atoms with Gasteiger partial charge in [-0.15, -0.1) is 0 Å². The lowest BCUT2D eigenvalue weighted by atomic mass is 9.70. The predicted molar refractivity (Wildman–Crippen MR) is 181 cm³/mol. The molecule has 0 bridgehead atoms. The number of aliphatic hydroxyl groups is 1. The molecule has 47 heavy (non-hydrogen) atoms. The zero-order chi connectivity index (χ0) is 33.7. The molecule has 1 aliphatic heterocycles. The molecule has 3 aromatic carbocycles. The lowest BCUT2D eigenvalue weighted by molar-refractivity contribution is -0.161. The quantitative estimate of drug-likeness (QED) is 0.160. The fraction of sp³-hybridized carbons (Fsp3) is 0.289. The normalized spacial score (nSPS) is 15.4. The Labute approximate surface area is 276 Å². The Morgan fingerprint density at radius 1 is 0.936 bits per heavy atom. The number of hydrogen-bond donors (Lipinski definition) is 2. The summed E-state index contributed by atoms with van der Waals surface area (Å²) < 4.78 is 35.1. The van der Waals surface area contributed by atoms with Crippen LogP contribution in [0.15, 0.2) is 120 Å². The van der Waals surface area contributed by atoms with Gasteiger partial charge in [-0.3, -0.25) is 4.72 Å². The van der Waals surface area contributed by atoms with Gasteiger partial charge in [0, 0.05) is 24.2 Å². The van der Waals surface area contributed by atoms with Crippen molar-refractivity contribution in [3.63, 3.8) is 0 Å². The molecule has 242 valence electrons. The first-order valence-electron chi connectivity index (χ1n) is 15.6. The summed E-state index contributed by atoms with van der Waals surface area (Å²) in [6, 6.07) is 31.4. The van der Waals surface area contributed by atoms with Gasteiger partial charge in [-0.2, -0.15) is 13.7 Å². The van der Waals surface area contributed by atoms with Gasteiger partial charge in [0.1, 0.15) is 17.4 Å². The topological polar surface area (TPSA) is 129 Å². The fourth-order valence-electron chi connectivity index (χ4n) is 6.22. The van der Waals surface area contributed by atoms with Crippen LogP contribution in [-0.2, 0) is 32.4 Å². The van der Waals surface area contributed by atoms with Crippen molar-refractivity contribution in [3.8, 4) is 6.07 Å². The summed E-state index contributed by atoms with van der Waals surface area (Å²) in [5.41, 5.74) is 2.14. The maximum atomic E-state index is 14.1. The number of nitrogens with zero attached hydrogens (tertiary/aromatic N) is 2. The molecule has 0 unspecified atom stereocenters. The monoisotopic (exact) mass is 649 g/mol. The Hall–Kier alpha value is -4.94. The number of ether oxygens (including phenoxy) is 1. The van der Waals surface area contributed by atoms with Crippen molar-refractivity contribution in [2.24, 2.45) is 5.41 Å². The number of cyclic esters (lactones) is 1. The molecule has 0 spiro atoms. The summed E-state index contributed by atoms with van der Waals surface area (Å²) in [5, 5.41) is 20.5. The molecule has 0 aliphatic carbocycles. The molecule has 8 nitrogen and oxygen atoms in total. The van der Waals surface area contributed by atoms with Crippen molar-refractivity contribution in [2.45, 2.75) is 69.4 Å². The summed E-state index contributed by atoms with van der Waals surface area (Å²) in [6.07, 6.45) is 3.85. The van der Waals surface area contributed by atoms with Gasteiger partial charge in [0.05, 0.1) is 11.1 Å². The van der Waals surface area contributed by atoms with E-state index in [0.717, 1.165) is 11.1 Å². The van der Waals surface area contributed by atoms with Crippen molar-refractivity contribution >= 4 is 21.7 Å². The van der Waals surface area contributed by atoms with Gasteiger partial charge in [-0.1, -0.05) is 93.6 Å². The zero-order valence-electron chi connectivity index (χ0n) is 26.8. The van der Waals surface area contributed by atoms with E-state index in [9.17, 15) is 18.3 Å². The lowest BCUT2D eigenvalue weighted by Gasteiger charge is -2.41. The minimum absolute atomic E-state index is 0.00457. The number of nitriles is 1. The van der Waals surface area contributed by atoms with Gasteiger partial charge in [0.2, 0.25) is 0 Å². The smallest absolute Gasteiger partial charge is 0.338 e. The number of hydrogen-bond acceptors (Lipinski definition) is 7. The second-order valence-corrected chi connectivity index (χ2v) is 14.7. The number of nitrogens with one attached hydrogen (secondary N) is 1. The standard InChI is InChI=1S/C38H39N3O5S/c1-37(2,3)35(30-15-10-16-31(23-30)41-47(44,45)33-18-17-29(25-39)26-40-33)34-32(42)24-38(46-36(34)43,21-19-27-11-6-4-7-12-27)22-20-28-13-8-5-9-14-28/h4-18,23,26,35,41-42H,19-22,24H2,1-3H3/t35-/m1/s1. The molecule has 1 aromatic heterocycles. The molecule has 9 heteroatoms. The summed E-state index contributed by atoms with van der Waals surface area (Å²) in [4.78, 5) is 18.0. The SMILES string of the molecule is CC(C)(C)[C@@H](C1=C(O)CC(CCc2ccccc2)(CCc2ccccc2)OC1=O)c1cccc(NS(=O)(=O)c2ccc(C#N)cn2)c1. The third-order valence-electron chi connectivity index (χ3n) is 8.52. The Morgan fingerprint density at radius 2 is 1.55 bits per heavy atom. The van der Waals surface area contributed by atoms with Crippen molar-refractivity contribution in [2.75, 3.05) is 4.72 Å². The van der Waals surface area contributed by atoms with E-state index in [0.29, 0.717) is 31.2 Å². The molecule has 0 saturated heterocycles. The molecule has 1 aliphatic rings. The number of carbonyl (C=O) groups excluding carboxylic acids is 1. The maximum Gasteiger partial charge on any atom is 0.338 e. The van der Waals surface area contributed by atoms with Crippen molar-refractivity contribution in [1.29, 1.82) is 5.26 Å². The van der Waals surface area contributed by atoms with Crippen molar-refractivity contribution in [1.82, 2.24) is 4.98 Å². The second kappa shape index (κ2) is 13.8. The number of sulfonamides is 1. The van der Waals surface area contributed by atoms with Gasteiger partial charge >= 0.3 is 5.97 Å². The van der Waals surface area contributed by atoms with E-state index in [1.165, 1.54) is 18.3 Å². The van der Waals surface area contributed by atoms with E-state index in [-0.39, 0.29) is 34.0 Å². The first-order chi connectivity index (χ1) is 22.4. The van der Waals surface area contributed by atoms with E-state index >= 15 is 0 Å². The van der Waals surface area contributed by atoms with Crippen LogP contribution in [0.1, 0.15) is 68.2 Å². The van der Waals surface area contributed by atoms with Crippen LogP contribution in [0.4, 0.5) is 5.69 Å². The van der Waals surface area contributed by atoms with Crippen LogP contribution in [0, 0.1) is 16.7 Å². The maximum absolute atomic E-state index is 14.1. The second-order valence-electron chi connectivity index (χ2n) is 13.1. The van der Waals surface area contributed by atoms with Crippen LogP contribution in [0.5, 0.6) is 0 Å². The average molecular weight is 650 g/mol. The number of pyridine rings is 1. The van der Waals surface area contributed by atoms with E-state index in [4.69, 9.17) is 10.00 Å². The molecule has 5 rings (SSSR count). The highest BCUT2D eigenvalue weighted by Gasteiger charge is 2.46. The molecular weight excluding hydrogens is 611 g/mol. The molecule has 0 amide bonds. The number of anilines is 1. The van der Waals surface area contributed by atoms with Crippen molar-refractivity contribution in [3.05, 3.63) is 137 Å². The van der Waals surface area contributed by atoms with Crippen LogP contribution < -0.4 is 4.72 Å². The van der Waals surface area contributed by atoms with Gasteiger partial charge in [0.25, 0.3) is 10.0 Å². The Morgan fingerprint density at radius 3 is 2.06 bits per heavy atom. The molecule has 1 atom stereocenters. The number of rotatable bonds is 11. The number of carbonyl (C=O) groups is 1. The molecular formula is C38H39N3O5S. The van der Waals surface area contributed by atoms with Gasteiger partial charge in [-0.05, 0) is 72.1 Å². The summed E-state index contributed by atoms with van der Waals surface area (Å²) in [5.74, 6) is -1.17. The van der Waals surface area contributed by atoms with Crippen LogP contribution in [0.2, 0.25) is 0 Å². The van der Waals surface area contributed by atoms with E-state index in [2.05, 4.69) is 9.71 Å². The van der Waals surface area contributed by atoms with Crippen LogP contribution in [0.25, 0.3) is 0 Å². The van der Waals surface area contributed by atoms with Crippen LogP contribution >= 0.6 is 0 Å². The fourth-order valence-corrected chi connectivity index (χ4v) is 7.20. The third-order valence-corrected chi connectivity index (χ3v) is 9.82. The molecule has 0 fully saturated rings. The predicted octanol–water partition coefficient (Wildman–Crippen LogP) is 7.65. The Kier molecular flexibility index (Phi) is 9.83. The van der Waals surface area contributed by atoms with Gasteiger partial charge in [0.15, 0.2) is 5.03 Å². The highest BCUT2D eigenvalue weighted by Crippen LogP contribution is 2.47. The minimum Gasteiger partial charge on any atom is -0.512 e. The molecule has 2 N–H and O–H groups in total. The molecule has 4 aromatic rings.